The second kappa shape index (κ2) is 6.92. The standard InChI is InChI=1S/C15H27NO3/c1-5-6-13(10(2)3)14(17)16(12-7-8-12)9-11(4)15(18)19/h10-13H,5-9H2,1-4H3,(H,18,19). The number of carbonyl (C=O) groups is 2. The third-order valence-electron chi connectivity index (χ3n) is 3.88. The first kappa shape index (κ1) is 16.0. The van der Waals surface area contributed by atoms with Gasteiger partial charge in [0, 0.05) is 18.5 Å². The van der Waals surface area contributed by atoms with Crippen molar-refractivity contribution >= 4 is 11.9 Å². The highest BCUT2D eigenvalue weighted by molar-refractivity contribution is 5.80. The van der Waals surface area contributed by atoms with Crippen molar-refractivity contribution in [1.29, 1.82) is 0 Å². The first-order valence-corrected chi connectivity index (χ1v) is 7.41. The van der Waals surface area contributed by atoms with Gasteiger partial charge >= 0.3 is 5.97 Å². The van der Waals surface area contributed by atoms with Crippen molar-refractivity contribution < 1.29 is 14.7 Å². The molecule has 0 aromatic rings. The Kier molecular flexibility index (Phi) is 5.83. The summed E-state index contributed by atoms with van der Waals surface area (Å²) < 4.78 is 0. The van der Waals surface area contributed by atoms with Gasteiger partial charge in [-0.15, -0.1) is 0 Å². The van der Waals surface area contributed by atoms with Crippen LogP contribution in [-0.2, 0) is 9.59 Å². The largest absolute Gasteiger partial charge is 0.481 e. The zero-order chi connectivity index (χ0) is 14.6. The molecule has 0 aliphatic heterocycles. The van der Waals surface area contributed by atoms with Crippen molar-refractivity contribution in [2.45, 2.75) is 59.4 Å². The number of amides is 1. The van der Waals surface area contributed by atoms with Crippen LogP contribution in [0, 0.1) is 17.8 Å². The van der Waals surface area contributed by atoms with E-state index in [0.717, 1.165) is 25.7 Å². The summed E-state index contributed by atoms with van der Waals surface area (Å²) in [5.41, 5.74) is 0. The van der Waals surface area contributed by atoms with Crippen molar-refractivity contribution in [1.82, 2.24) is 4.90 Å². The molecule has 0 radical (unpaired) electrons. The molecule has 2 unspecified atom stereocenters. The quantitative estimate of drug-likeness (QED) is 0.737. The second-order valence-electron chi connectivity index (χ2n) is 6.10. The highest BCUT2D eigenvalue weighted by Gasteiger charge is 2.37. The van der Waals surface area contributed by atoms with Crippen molar-refractivity contribution in [2.75, 3.05) is 6.54 Å². The Hall–Kier alpha value is -1.06. The minimum absolute atomic E-state index is 0.0339. The molecule has 0 heterocycles. The maximum absolute atomic E-state index is 12.6. The minimum Gasteiger partial charge on any atom is -0.481 e. The maximum atomic E-state index is 12.6. The van der Waals surface area contributed by atoms with Crippen molar-refractivity contribution in [3.63, 3.8) is 0 Å². The van der Waals surface area contributed by atoms with E-state index in [1.807, 2.05) is 4.90 Å². The van der Waals surface area contributed by atoms with Gasteiger partial charge in [0.1, 0.15) is 0 Å². The summed E-state index contributed by atoms with van der Waals surface area (Å²) >= 11 is 0. The molecular weight excluding hydrogens is 242 g/mol. The first-order valence-electron chi connectivity index (χ1n) is 7.41. The molecule has 2 atom stereocenters. The monoisotopic (exact) mass is 269 g/mol. The van der Waals surface area contributed by atoms with Crippen LogP contribution >= 0.6 is 0 Å². The number of rotatable bonds is 8. The number of carboxylic acids is 1. The molecule has 4 nitrogen and oxygen atoms in total. The molecule has 1 amide bonds. The number of aliphatic carboxylic acids is 1. The summed E-state index contributed by atoms with van der Waals surface area (Å²) in [5, 5.41) is 9.03. The summed E-state index contributed by atoms with van der Waals surface area (Å²) in [4.78, 5) is 25.5. The number of carboxylic acid groups (broad SMARTS) is 1. The summed E-state index contributed by atoms with van der Waals surface area (Å²) in [5.74, 6) is -0.804. The first-order chi connectivity index (χ1) is 8.88. The average Bonchev–Trinajstić information content (AvgIpc) is 3.15. The Labute approximate surface area is 116 Å². The predicted molar refractivity (Wildman–Crippen MR) is 74.8 cm³/mol. The number of nitrogens with zero attached hydrogens (tertiary/aromatic N) is 1. The van der Waals surface area contributed by atoms with Gasteiger partial charge in [-0.05, 0) is 25.2 Å². The molecule has 1 fully saturated rings. The Morgan fingerprint density at radius 3 is 2.21 bits per heavy atom. The van der Waals surface area contributed by atoms with E-state index in [2.05, 4.69) is 20.8 Å². The fourth-order valence-electron chi connectivity index (χ4n) is 2.44. The van der Waals surface area contributed by atoms with Crippen LogP contribution in [0.15, 0.2) is 0 Å². The summed E-state index contributed by atoms with van der Waals surface area (Å²) in [7, 11) is 0. The molecule has 0 saturated heterocycles. The molecule has 1 aliphatic carbocycles. The molecule has 110 valence electrons. The number of hydrogen-bond acceptors (Lipinski definition) is 2. The molecule has 1 aliphatic rings. The van der Waals surface area contributed by atoms with E-state index >= 15 is 0 Å². The third kappa shape index (κ3) is 4.51. The van der Waals surface area contributed by atoms with E-state index in [1.54, 1.807) is 6.92 Å². The molecular formula is C15H27NO3. The Morgan fingerprint density at radius 2 is 1.84 bits per heavy atom. The molecule has 1 N–H and O–H groups in total. The van der Waals surface area contributed by atoms with Gasteiger partial charge in [-0.2, -0.15) is 0 Å². The van der Waals surface area contributed by atoms with Crippen LogP contribution < -0.4 is 0 Å². The van der Waals surface area contributed by atoms with E-state index in [9.17, 15) is 9.59 Å². The minimum atomic E-state index is -0.824. The highest BCUT2D eigenvalue weighted by Crippen LogP contribution is 2.31. The van der Waals surface area contributed by atoms with Crippen molar-refractivity contribution in [3.8, 4) is 0 Å². The van der Waals surface area contributed by atoms with Crippen LogP contribution in [0.5, 0.6) is 0 Å². The van der Waals surface area contributed by atoms with Crippen LogP contribution in [0.3, 0.4) is 0 Å². The molecule has 19 heavy (non-hydrogen) atoms. The van der Waals surface area contributed by atoms with Gasteiger partial charge in [-0.3, -0.25) is 9.59 Å². The van der Waals surface area contributed by atoms with E-state index in [0.29, 0.717) is 12.5 Å². The Morgan fingerprint density at radius 1 is 1.26 bits per heavy atom. The van der Waals surface area contributed by atoms with Gasteiger partial charge in [-0.1, -0.05) is 34.1 Å². The van der Waals surface area contributed by atoms with Gasteiger partial charge in [0.2, 0.25) is 5.91 Å². The lowest BCUT2D eigenvalue weighted by Crippen LogP contribution is -2.43. The summed E-state index contributed by atoms with van der Waals surface area (Å²) in [6.45, 7) is 8.26. The molecule has 0 spiro atoms. The average molecular weight is 269 g/mol. The van der Waals surface area contributed by atoms with E-state index in [4.69, 9.17) is 5.11 Å². The second-order valence-corrected chi connectivity index (χ2v) is 6.10. The molecule has 0 aromatic carbocycles. The third-order valence-corrected chi connectivity index (χ3v) is 3.88. The fourth-order valence-corrected chi connectivity index (χ4v) is 2.44. The summed E-state index contributed by atoms with van der Waals surface area (Å²) in [6.07, 6.45) is 3.92. The van der Waals surface area contributed by atoms with Crippen molar-refractivity contribution in [3.05, 3.63) is 0 Å². The zero-order valence-electron chi connectivity index (χ0n) is 12.6. The van der Waals surface area contributed by atoms with Crippen LogP contribution in [0.1, 0.15) is 53.4 Å². The summed E-state index contributed by atoms with van der Waals surface area (Å²) in [6, 6.07) is 0.285. The van der Waals surface area contributed by atoms with Gasteiger partial charge in [0.05, 0.1) is 5.92 Å². The molecule has 0 bridgehead atoms. The van der Waals surface area contributed by atoms with Crippen molar-refractivity contribution in [2.24, 2.45) is 17.8 Å². The van der Waals surface area contributed by atoms with Crippen LogP contribution in [0.25, 0.3) is 0 Å². The molecule has 0 aromatic heterocycles. The Balaban J connectivity index is 2.74. The fraction of sp³-hybridized carbons (Fsp3) is 0.867. The normalized spacial score (nSPS) is 18.2. The van der Waals surface area contributed by atoms with Gasteiger partial charge < -0.3 is 10.0 Å². The predicted octanol–water partition coefficient (Wildman–Crippen LogP) is 2.77. The topological polar surface area (TPSA) is 57.6 Å². The van der Waals surface area contributed by atoms with Gasteiger partial charge in [0.25, 0.3) is 0 Å². The van der Waals surface area contributed by atoms with Gasteiger partial charge in [0.15, 0.2) is 0 Å². The lowest BCUT2D eigenvalue weighted by molar-refractivity contribution is -0.144. The maximum Gasteiger partial charge on any atom is 0.308 e. The van der Waals surface area contributed by atoms with Gasteiger partial charge in [-0.25, -0.2) is 0 Å². The molecule has 4 heteroatoms. The molecule has 1 rings (SSSR count). The highest BCUT2D eigenvalue weighted by atomic mass is 16.4. The molecule has 1 saturated carbocycles. The zero-order valence-corrected chi connectivity index (χ0v) is 12.6. The van der Waals surface area contributed by atoms with E-state index in [-0.39, 0.29) is 17.9 Å². The SMILES string of the molecule is CCCC(C(=O)N(CC(C)C(=O)O)C1CC1)C(C)C. The Bertz CT molecular complexity index is 323. The van der Waals surface area contributed by atoms with Crippen LogP contribution in [0.2, 0.25) is 0 Å². The number of carbonyl (C=O) groups excluding carboxylic acids is 1. The van der Waals surface area contributed by atoms with E-state index in [1.165, 1.54) is 0 Å². The number of hydrogen-bond donors (Lipinski definition) is 1. The van der Waals surface area contributed by atoms with E-state index < -0.39 is 11.9 Å². The lowest BCUT2D eigenvalue weighted by atomic mass is 9.89. The van der Waals surface area contributed by atoms with Crippen LogP contribution in [0.4, 0.5) is 0 Å². The van der Waals surface area contributed by atoms with Crippen LogP contribution in [-0.4, -0.2) is 34.5 Å². The smallest absolute Gasteiger partial charge is 0.308 e. The lowest BCUT2D eigenvalue weighted by Gasteiger charge is -2.30.